The van der Waals surface area contributed by atoms with E-state index in [0.29, 0.717) is 10.6 Å². The summed E-state index contributed by atoms with van der Waals surface area (Å²) in [6, 6.07) is 10.7. The molecule has 110 valence electrons. The summed E-state index contributed by atoms with van der Waals surface area (Å²) in [6.07, 6.45) is 1.24. The molecular formula is C14H13ClN2O3S. The van der Waals surface area contributed by atoms with Gasteiger partial charge in [0.05, 0.1) is 11.1 Å². The first-order valence-corrected chi connectivity index (χ1v) is 7.85. The summed E-state index contributed by atoms with van der Waals surface area (Å²) in [6.45, 7) is 1.84. The van der Waals surface area contributed by atoms with E-state index >= 15 is 0 Å². The fraction of sp³-hybridized carbons (Fsp3) is 0.0714. The molecule has 2 aromatic carbocycles. The number of nitrogens with one attached hydrogen (secondary N) is 1. The number of hydrazone groups is 1. The minimum atomic E-state index is -3.76. The molecule has 2 N–H and O–H groups in total. The lowest BCUT2D eigenvalue weighted by Gasteiger charge is -2.04. The van der Waals surface area contributed by atoms with Gasteiger partial charge < -0.3 is 5.11 Å². The summed E-state index contributed by atoms with van der Waals surface area (Å²) >= 11 is 5.70. The molecule has 0 aliphatic rings. The summed E-state index contributed by atoms with van der Waals surface area (Å²) in [4.78, 5) is 2.13. The standard InChI is InChI=1S/C14H13ClN2O3S/c1-10-2-3-11(14(18)8-10)9-16-17-21(19,20)13-6-4-12(15)5-7-13/h2-9,17-18H,1H3/b16-9+. The molecular weight excluding hydrogens is 312 g/mol. The second kappa shape index (κ2) is 6.15. The zero-order valence-corrected chi connectivity index (χ0v) is 12.7. The van der Waals surface area contributed by atoms with Crippen LogP contribution in [0.25, 0.3) is 0 Å². The fourth-order valence-corrected chi connectivity index (χ4v) is 2.51. The van der Waals surface area contributed by atoms with Gasteiger partial charge in [0.1, 0.15) is 5.75 Å². The van der Waals surface area contributed by atoms with Crippen LogP contribution in [0.1, 0.15) is 11.1 Å². The second-order valence-corrected chi connectivity index (χ2v) is 6.47. The predicted molar refractivity (Wildman–Crippen MR) is 82.2 cm³/mol. The molecule has 0 saturated carbocycles. The van der Waals surface area contributed by atoms with Crippen LogP contribution < -0.4 is 4.83 Å². The fourth-order valence-electron chi connectivity index (χ4n) is 1.59. The van der Waals surface area contributed by atoms with Crippen molar-refractivity contribution in [2.45, 2.75) is 11.8 Å². The lowest BCUT2D eigenvalue weighted by atomic mass is 10.1. The maximum absolute atomic E-state index is 11.9. The third-order valence-corrected chi connectivity index (χ3v) is 4.18. The first-order chi connectivity index (χ1) is 9.88. The van der Waals surface area contributed by atoms with Crippen LogP contribution in [-0.4, -0.2) is 19.7 Å². The van der Waals surface area contributed by atoms with Crippen molar-refractivity contribution in [3.8, 4) is 5.75 Å². The Morgan fingerprint density at radius 3 is 2.48 bits per heavy atom. The van der Waals surface area contributed by atoms with Crippen LogP contribution >= 0.6 is 11.6 Å². The smallest absolute Gasteiger partial charge is 0.276 e. The van der Waals surface area contributed by atoms with Crippen LogP contribution in [0.3, 0.4) is 0 Å². The van der Waals surface area contributed by atoms with E-state index < -0.39 is 10.0 Å². The van der Waals surface area contributed by atoms with Gasteiger partial charge in [0.15, 0.2) is 0 Å². The Balaban J connectivity index is 2.14. The van der Waals surface area contributed by atoms with Crippen molar-refractivity contribution < 1.29 is 13.5 Å². The Morgan fingerprint density at radius 1 is 1.19 bits per heavy atom. The van der Waals surface area contributed by atoms with Crippen molar-refractivity contribution in [2.24, 2.45) is 5.10 Å². The van der Waals surface area contributed by atoms with Gasteiger partial charge in [-0.15, -0.1) is 0 Å². The minimum Gasteiger partial charge on any atom is -0.507 e. The van der Waals surface area contributed by atoms with Crippen LogP contribution in [0.4, 0.5) is 0 Å². The minimum absolute atomic E-state index is 0.0319. The molecule has 2 rings (SSSR count). The maximum atomic E-state index is 11.9. The largest absolute Gasteiger partial charge is 0.507 e. The van der Waals surface area contributed by atoms with Crippen LogP contribution in [-0.2, 0) is 10.0 Å². The highest BCUT2D eigenvalue weighted by atomic mass is 35.5. The van der Waals surface area contributed by atoms with Crippen LogP contribution in [0, 0.1) is 6.92 Å². The lowest BCUT2D eigenvalue weighted by Crippen LogP contribution is -2.18. The number of aryl methyl sites for hydroxylation is 1. The summed E-state index contributed by atoms with van der Waals surface area (Å²) < 4.78 is 23.9. The van der Waals surface area contributed by atoms with Crippen molar-refractivity contribution in [2.75, 3.05) is 0 Å². The highest BCUT2D eigenvalue weighted by molar-refractivity contribution is 7.89. The molecule has 0 fully saturated rings. The Labute approximate surface area is 127 Å². The Hall–Kier alpha value is -2.05. The van der Waals surface area contributed by atoms with Gasteiger partial charge in [-0.2, -0.15) is 13.5 Å². The zero-order chi connectivity index (χ0) is 15.5. The highest BCUT2D eigenvalue weighted by Gasteiger charge is 2.12. The third kappa shape index (κ3) is 3.96. The Morgan fingerprint density at radius 2 is 1.86 bits per heavy atom. The number of nitrogens with zero attached hydrogens (tertiary/aromatic N) is 1. The van der Waals surface area contributed by atoms with Gasteiger partial charge in [-0.1, -0.05) is 17.7 Å². The first-order valence-electron chi connectivity index (χ1n) is 5.98. The van der Waals surface area contributed by atoms with Crippen molar-refractivity contribution >= 4 is 27.8 Å². The molecule has 0 radical (unpaired) electrons. The van der Waals surface area contributed by atoms with E-state index in [1.807, 2.05) is 6.92 Å². The second-order valence-electron chi connectivity index (χ2n) is 4.37. The van der Waals surface area contributed by atoms with E-state index in [-0.39, 0.29) is 10.6 Å². The van der Waals surface area contributed by atoms with Gasteiger partial charge >= 0.3 is 0 Å². The number of hydrogen-bond acceptors (Lipinski definition) is 4. The number of phenols is 1. The molecule has 5 nitrogen and oxygen atoms in total. The quantitative estimate of drug-likeness (QED) is 0.670. The Kier molecular flexibility index (Phi) is 4.50. The average Bonchev–Trinajstić information content (AvgIpc) is 2.41. The molecule has 0 heterocycles. The summed E-state index contributed by atoms with van der Waals surface area (Å²) in [5.74, 6) is 0.0319. The number of halogens is 1. The van der Waals surface area contributed by atoms with Crippen molar-refractivity contribution in [1.29, 1.82) is 0 Å². The SMILES string of the molecule is Cc1ccc(/C=N/NS(=O)(=O)c2ccc(Cl)cc2)c(O)c1. The first kappa shape index (κ1) is 15.3. The van der Waals surface area contributed by atoms with Gasteiger partial charge in [-0.3, -0.25) is 0 Å². The third-order valence-electron chi connectivity index (χ3n) is 2.69. The van der Waals surface area contributed by atoms with E-state index in [4.69, 9.17) is 11.6 Å². The van der Waals surface area contributed by atoms with Crippen molar-refractivity contribution in [3.05, 3.63) is 58.6 Å². The molecule has 7 heteroatoms. The van der Waals surface area contributed by atoms with Crippen LogP contribution in [0.5, 0.6) is 5.75 Å². The average molecular weight is 325 g/mol. The summed E-state index contributed by atoms with van der Waals surface area (Å²) in [5.41, 5.74) is 1.31. The number of benzene rings is 2. The number of hydrogen-bond donors (Lipinski definition) is 2. The highest BCUT2D eigenvalue weighted by Crippen LogP contribution is 2.16. The molecule has 2 aromatic rings. The van der Waals surface area contributed by atoms with Crippen molar-refractivity contribution in [1.82, 2.24) is 4.83 Å². The molecule has 0 saturated heterocycles. The predicted octanol–water partition coefficient (Wildman–Crippen LogP) is 2.67. The molecule has 0 aliphatic heterocycles. The maximum Gasteiger partial charge on any atom is 0.276 e. The number of rotatable bonds is 4. The number of sulfonamides is 1. The van der Waals surface area contributed by atoms with Gasteiger partial charge in [-0.05, 0) is 48.9 Å². The van der Waals surface area contributed by atoms with Crippen LogP contribution in [0.2, 0.25) is 5.02 Å². The molecule has 0 bridgehead atoms. The molecule has 21 heavy (non-hydrogen) atoms. The summed E-state index contributed by atoms with van der Waals surface area (Å²) in [7, 11) is -3.76. The van der Waals surface area contributed by atoms with E-state index in [2.05, 4.69) is 9.93 Å². The molecule has 0 aliphatic carbocycles. The van der Waals surface area contributed by atoms with Gasteiger partial charge in [0.25, 0.3) is 10.0 Å². The van der Waals surface area contributed by atoms with Gasteiger partial charge in [0.2, 0.25) is 0 Å². The number of phenolic OH excluding ortho intramolecular Hbond substituents is 1. The van der Waals surface area contributed by atoms with E-state index in [9.17, 15) is 13.5 Å². The molecule has 0 unspecified atom stereocenters. The number of aromatic hydroxyl groups is 1. The van der Waals surface area contributed by atoms with Crippen molar-refractivity contribution in [3.63, 3.8) is 0 Å². The zero-order valence-electron chi connectivity index (χ0n) is 11.1. The van der Waals surface area contributed by atoms with E-state index in [0.717, 1.165) is 5.56 Å². The Bertz CT molecular complexity index is 771. The van der Waals surface area contributed by atoms with Gasteiger partial charge in [-0.25, -0.2) is 4.83 Å². The monoisotopic (exact) mass is 324 g/mol. The molecule has 0 spiro atoms. The molecule has 0 aromatic heterocycles. The topological polar surface area (TPSA) is 78.8 Å². The molecule has 0 amide bonds. The normalized spacial score (nSPS) is 11.7. The lowest BCUT2D eigenvalue weighted by molar-refractivity contribution is 0.474. The van der Waals surface area contributed by atoms with Gasteiger partial charge in [0, 0.05) is 10.6 Å². The summed E-state index contributed by atoms with van der Waals surface area (Å²) in [5, 5.41) is 13.8. The van der Waals surface area contributed by atoms with Crippen LogP contribution in [0.15, 0.2) is 52.5 Å². The van der Waals surface area contributed by atoms with E-state index in [1.54, 1.807) is 18.2 Å². The van der Waals surface area contributed by atoms with E-state index in [1.165, 1.54) is 30.5 Å². The molecule has 0 atom stereocenters.